The largest absolute Gasteiger partial charge is 0.345 e. The second-order valence-corrected chi connectivity index (χ2v) is 4.66. The lowest BCUT2D eigenvalue weighted by Crippen LogP contribution is -2.19. The van der Waals surface area contributed by atoms with E-state index < -0.39 is 0 Å². The van der Waals surface area contributed by atoms with Crippen LogP contribution in [0, 0.1) is 17.7 Å². The van der Waals surface area contributed by atoms with Crippen molar-refractivity contribution in [1.29, 1.82) is 0 Å². The summed E-state index contributed by atoms with van der Waals surface area (Å²) in [5.74, 6) is 5.13. The fourth-order valence-corrected chi connectivity index (χ4v) is 2.29. The summed E-state index contributed by atoms with van der Waals surface area (Å²) in [7, 11) is 0. The van der Waals surface area contributed by atoms with Gasteiger partial charge < -0.3 is 5.32 Å². The lowest BCUT2D eigenvalue weighted by atomic mass is 10.2. The zero-order valence-electron chi connectivity index (χ0n) is 8.40. The lowest BCUT2D eigenvalue weighted by molar-refractivity contribution is -0.118. The molecule has 0 aliphatic heterocycles. The zero-order chi connectivity index (χ0) is 12.1. The molecule has 2 nitrogen and oxygen atoms in total. The molecule has 0 unspecified atom stereocenters. The molecule has 5 heteroatoms. The van der Waals surface area contributed by atoms with E-state index in [1.807, 2.05) is 0 Å². The van der Waals surface area contributed by atoms with Crippen molar-refractivity contribution < 1.29 is 9.18 Å². The summed E-state index contributed by atoms with van der Waals surface area (Å²) in [5.41, 5.74) is 0.659. The fourth-order valence-electron chi connectivity index (χ4n) is 0.963. The fraction of sp³-hybridized carbons (Fsp3) is 0.182. The molecule has 0 fully saturated rings. The van der Waals surface area contributed by atoms with Crippen LogP contribution in [0.2, 0.25) is 0 Å². The van der Waals surface area contributed by atoms with E-state index in [0.29, 0.717) is 14.5 Å². The molecular formula is C11H8Br2FNO. The minimum atomic E-state index is -0.342. The molecule has 0 heterocycles. The molecular weight excluding hydrogens is 341 g/mol. The minimum Gasteiger partial charge on any atom is -0.345 e. The summed E-state index contributed by atoms with van der Waals surface area (Å²) < 4.78 is 14.1. The van der Waals surface area contributed by atoms with Crippen LogP contribution in [0.15, 0.2) is 21.1 Å². The van der Waals surface area contributed by atoms with Crippen molar-refractivity contribution in [1.82, 2.24) is 5.32 Å². The highest BCUT2D eigenvalue weighted by atomic mass is 79.9. The Hall–Kier alpha value is -0.860. The van der Waals surface area contributed by atoms with Gasteiger partial charge >= 0.3 is 0 Å². The van der Waals surface area contributed by atoms with Gasteiger partial charge in [0.05, 0.1) is 12.1 Å². The van der Waals surface area contributed by atoms with Gasteiger partial charge in [-0.1, -0.05) is 11.8 Å². The molecule has 0 aliphatic rings. The van der Waals surface area contributed by atoms with Crippen molar-refractivity contribution in [3.63, 3.8) is 0 Å². The topological polar surface area (TPSA) is 29.1 Å². The second-order valence-electron chi connectivity index (χ2n) is 2.96. The van der Waals surface area contributed by atoms with Gasteiger partial charge in [-0.2, -0.15) is 0 Å². The van der Waals surface area contributed by atoms with Crippen LogP contribution in [0.1, 0.15) is 12.5 Å². The normalized spacial score (nSPS) is 9.25. The highest BCUT2D eigenvalue weighted by Gasteiger charge is 2.04. The van der Waals surface area contributed by atoms with Crippen LogP contribution in [0.5, 0.6) is 0 Å². The van der Waals surface area contributed by atoms with Gasteiger partial charge in [-0.15, -0.1) is 0 Å². The maximum absolute atomic E-state index is 12.9. The molecule has 0 aromatic heterocycles. The number of hydrogen-bond acceptors (Lipinski definition) is 1. The number of amides is 1. The first kappa shape index (κ1) is 13.2. The van der Waals surface area contributed by atoms with E-state index in [4.69, 9.17) is 0 Å². The molecule has 1 rings (SSSR count). The van der Waals surface area contributed by atoms with Gasteiger partial charge in [-0.25, -0.2) is 4.39 Å². The van der Waals surface area contributed by atoms with Gasteiger partial charge in [0.25, 0.3) is 0 Å². The van der Waals surface area contributed by atoms with Crippen molar-refractivity contribution in [3.05, 3.63) is 32.5 Å². The Balaban J connectivity index is 2.84. The molecule has 1 amide bonds. The van der Waals surface area contributed by atoms with Crippen molar-refractivity contribution in [2.75, 3.05) is 6.54 Å². The van der Waals surface area contributed by atoms with Crippen molar-refractivity contribution >= 4 is 37.8 Å². The summed E-state index contributed by atoms with van der Waals surface area (Å²) in [6.45, 7) is 1.69. The Kier molecular flexibility index (Phi) is 4.97. The highest BCUT2D eigenvalue weighted by Crippen LogP contribution is 2.25. The second kappa shape index (κ2) is 6.02. The number of nitrogens with one attached hydrogen (secondary N) is 1. The van der Waals surface area contributed by atoms with Crippen LogP contribution in [-0.2, 0) is 4.79 Å². The molecule has 1 N–H and O–H groups in total. The van der Waals surface area contributed by atoms with Crippen molar-refractivity contribution in [3.8, 4) is 11.8 Å². The first-order valence-corrected chi connectivity index (χ1v) is 5.97. The summed E-state index contributed by atoms with van der Waals surface area (Å²) in [4.78, 5) is 10.6. The number of carbonyl (C=O) groups is 1. The van der Waals surface area contributed by atoms with Crippen LogP contribution in [-0.4, -0.2) is 12.5 Å². The Morgan fingerprint density at radius 1 is 1.44 bits per heavy atom. The zero-order valence-corrected chi connectivity index (χ0v) is 11.6. The summed E-state index contributed by atoms with van der Waals surface area (Å²) in [6, 6.07) is 2.68. The third-order valence-electron chi connectivity index (χ3n) is 1.65. The Bertz CT molecular complexity index is 454. The van der Waals surface area contributed by atoms with Crippen LogP contribution >= 0.6 is 31.9 Å². The average Bonchev–Trinajstić information content (AvgIpc) is 2.14. The third-order valence-corrected chi connectivity index (χ3v) is 2.90. The smallest absolute Gasteiger partial charge is 0.217 e. The highest BCUT2D eigenvalue weighted by molar-refractivity contribution is 9.11. The minimum absolute atomic E-state index is 0.133. The predicted octanol–water partition coefficient (Wildman–Crippen LogP) is 2.84. The average molecular weight is 349 g/mol. The van der Waals surface area contributed by atoms with Crippen LogP contribution in [0.4, 0.5) is 4.39 Å². The summed E-state index contributed by atoms with van der Waals surface area (Å²) in [6.07, 6.45) is 0. The maximum Gasteiger partial charge on any atom is 0.217 e. The van der Waals surface area contributed by atoms with E-state index >= 15 is 0 Å². The summed E-state index contributed by atoms with van der Waals surface area (Å²) in [5, 5.41) is 2.55. The predicted molar refractivity (Wildman–Crippen MR) is 67.4 cm³/mol. The van der Waals surface area contributed by atoms with Crippen LogP contribution in [0.3, 0.4) is 0 Å². The number of benzene rings is 1. The molecule has 0 atom stereocenters. The van der Waals surface area contributed by atoms with Crippen LogP contribution < -0.4 is 5.32 Å². The van der Waals surface area contributed by atoms with Gasteiger partial charge in [0, 0.05) is 15.9 Å². The molecule has 84 valence electrons. The number of carbonyl (C=O) groups excluding carboxylic acids is 1. The van der Waals surface area contributed by atoms with Gasteiger partial charge in [0.1, 0.15) is 5.82 Å². The maximum atomic E-state index is 12.9. The Labute approximate surface area is 110 Å². The molecule has 1 aromatic carbocycles. The molecule has 0 aliphatic carbocycles. The van der Waals surface area contributed by atoms with E-state index in [2.05, 4.69) is 49.0 Å². The third kappa shape index (κ3) is 3.95. The quantitative estimate of drug-likeness (QED) is 0.777. The number of rotatable bonds is 1. The Morgan fingerprint density at radius 2 is 2.00 bits per heavy atom. The van der Waals surface area contributed by atoms with Gasteiger partial charge in [-0.3, -0.25) is 4.79 Å². The number of halogens is 3. The van der Waals surface area contributed by atoms with E-state index in [-0.39, 0.29) is 18.3 Å². The standard InChI is InChI=1S/C11H8Br2FNO/c1-7(16)15-4-2-3-9-10(12)5-8(14)6-11(9)13/h5-6H,4H2,1H3,(H,15,16). The molecule has 0 saturated heterocycles. The molecule has 0 bridgehead atoms. The molecule has 1 aromatic rings. The van der Waals surface area contributed by atoms with E-state index in [0.717, 1.165) is 0 Å². The SMILES string of the molecule is CC(=O)NCC#Cc1c(Br)cc(F)cc1Br. The van der Waals surface area contributed by atoms with E-state index in [1.165, 1.54) is 19.1 Å². The molecule has 16 heavy (non-hydrogen) atoms. The Morgan fingerprint density at radius 3 is 2.50 bits per heavy atom. The first-order valence-electron chi connectivity index (χ1n) is 4.38. The number of hydrogen-bond donors (Lipinski definition) is 1. The van der Waals surface area contributed by atoms with Gasteiger partial charge in [0.15, 0.2) is 0 Å². The van der Waals surface area contributed by atoms with E-state index in [1.54, 1.807) is 0 Å². The van der Waals surface area contributed by atoms with Crippen LogP contribution in [0.25, 0.3) is 0 Å². The van der Waals surface area contributed by atoms with Crippen molar-refractivity contribution in [2.24, 2.45) is 0 Å². The molecule has 0 spiro atoms. The van der Waals surface area contributed by atoms with Crippen molar-refractivity contribution in [2.45, 2.75) is 6.92 Å². The van der Waals surface area contributed by atoms with E-state index in [9.17, 15) is 9.18 Å². The van der Waals surface area contributed by atoms with Gasteiger partial charge in [0.2, 0.25) is 5.91 Å². The van der Waals surface area contributed by atoms with Gasteiger partial charge in [-0.05, 0) is 44.0 Å². The molecule has 0 saturated carbocycles. The summed E-state index contributed by atoms with van der Waals surface area (Å²) >= 11 is 6.44. The first-order chi connectivity index (χ1) is 7.50. The lowest BCUT2D eigenvalue weighted by Gasteiger charge is -2.00. The molecule has 0 radical (unpaired) electrons. The monoisotopic (exact) mass is 347 g/mol.